The van der Waals surface area contributed by atoms with E-state index in [0.29, 0.717) is 12.0 Å². The molecule has 0 amide bonds. The molecule has 0 aliphatic carbocycles. The van der Waals surface area contributed by atoms with Crippen LogP contribution >= 0.6 is 0 Å². The van der Waals surface area contributed by atoms with E-state index in [4.69, 9.17) is 6.42 Å². The van der Waals surface area contributed by atoms with Crippen LogP contribution in [-0.2, 0) is 0 Å². The van der Waals surface area contributed by atoms with Gasteiger partial charge in [0.2, 0.25) is 0 Å². The molecule has 0 aromatic heterocycles. The monoisotopic (exact) mass is 139 g/mol. The zero-order chi connectivity index (χ0) is 8.04. The maximum absolute atomic E-state index is 5.07. The Balaban J connectivity index is 3.14. The lowest BCUT2D eigenvalue weighted by molar-refractivity contribution is 0.371. The van der Waals surface area contributed by atoms with E-state index < -0.39 is 0 Å². The third-order valence-corrected chi connectivity index (χ3v) is 1.28. The Kier molecular flexibility index (Phi) is 4.14. The lowest BCUT2D eigenvalue weighted by atomic mass is 9.92. The van der Waals surface area contributed by atoms with Crippen LogP contribution in [0.3, 0.4) is 0 Å². The van der Waals surface area contributed by atoms with Crippen molar-refractivity contribution in [2.45, 2.75) is 27.2 Å². The van der Waals surface area contributed by atoms with Crippen LogP contribution in [0.25, 0.3) is 0 Å². The molecule has 0 saturated carbocycles. The number of hydrogen-bond donors (Lipinski definition) is 1. The molecule has 0 radical (unpaired) electrons. The van der Waals surface area contributed by atoms with Gasteiger partial charge in [-0.25, -0.2) is 0 Å². The first-order valence-corrected chi connectivity index (χ1v) is 3.70. The summed E-state index contributed by atoms with van der Waals surface area (Å²) in [5.41, 5.74) is 0.418. The van der Waals surface area contributed by atoms with Crippen molar-refractivity contribution in [2.24, 2.45) is 5.41 Å². The third kappa shape index (κ3) is 7.52. The van der Waals surface area contributed by atoms with Gasteiger partial charge in [0.05, 0.1) is 6.54 Å². The molecule has 0 unspecified atom stereocenters. The molecule has 0 aliphatic rings. The zero-order valence-corrected chi connectivity index (χ0v) is 7.20. The molecule has 1 heteroatoms. The second-order valence-corrected chi connectivity index (χ2v) is 3.69. The molecule has 1 N–H and O–H groups in total. The maximum atomic E-state index is 5.07. The molecule has 0 fully saturated rings. The van der Waals surface area contributed by atoms with Crippen molar-refractivity contribution < 1.29 is 0 Å². The maximum Gasteiger partial charge on any atom is 0.0573 e. The van der Waals surface area contributed by atoms with E-state index in [1.165, 1.54) is 6.42 Å². The van der Waals surface area contributed by atoms with Crippen LogP contribution in [0, 0.1) is 17.8 Å². The summed E-state index contributed by atoms with van der Waals surface area (Å²) in [7, 11) is 0. The first-order chi connectivity index (χ1) is 4.56. The smallest absolute Gasteiger partial charge is 0.0573 e. The van der Waals surface area contributed by atoms with Crippen molar-refractivity contribution in [2.75, 3.05) is 13.1 Å². The summed E-state index contributed by atoms with van der Waals surface area (Å²) in [4.78, 5) is 0. The highest BCUT2D eigenvalue weighted by atomic mass is 14.8. The number of terminal acetylenes is 1. The third-order valence-electron chi connectivity index (χ3n) is 1.28. The molecule has 58 valence electrons. The summed E-state index contributed by atoms with van der Waals surface area (Å²) in [6, 6.07) is 0. The molecule has 0 spiro atoms. The number of hydrogen-bond acceptors (Lipinski definition) is 1. The average molecular weight is 139 g/mol. The van der Waals surface area contributed by atoms with Gasteiger partial charge in [-0.3, -0.25) is 0 Å². The summed E-state index contributed by atoms with van der Waals surface area (Å²) in [5.74, 6) is 2.54. The van der Waals surface area contributed by atoms with Crippen LogP contribution in [0.5, 0.6) is 0 Å². The Bertz CT molecular complexity index is 114. The highest BCUT2D eigenvalue weighted by Crippen LogP contribution is 2.16. The SMILES string of the molecule is C#CCNCCC(C)(C)C. The molecular formula is C9H17N. The molecule has 0 aromatic carbocycles. The fourth-order valence-corrected chi connectivity index (χ4v) is 0.624. The van der Waals surface area contributed by atoms with Gasteiger partial charge in [0.25, 0.3) is 0 Å². The van der Waals surface area contributed by atoms with Crippen LogP contribution in [0.2, 0.25) is 0 Å². The molecule has 1 nitrogen and oxygen atoms in total. The standard InChI is InChI=1S/C9H17N/c1-5-7-10-8-6-9(2,3)4/h1,10H,6-8H2,2-4H3. The fourth-order valence-electron chi connectivity index (χ4n) is 0.624. The Morgan fingerprint density at radius 3 is 2.40 bits per heavy atom. The van der Waals surface area contributed by atoms with Crippen molar-refractivity contribution >= 4 is 0 Å². The largest absolute Gasteiger partial charge is 0.306 e. The molecule has 0 atom stereocenters. The zero-order valence-electron chi connectivity index (χ0n) is 7.20. The molecule has 0 bridgehead atoms. The van der Waals surface area contributed by atoms with E-state index in [-0.39, 0.29) is 0 Å². The lowest BCUT2D eigenvalue weighted by Crippen LogP contribution is -2.20. The first-order valence-electron chi connectivity index (χ1n) is 3.70. The molecule has 0 rings (SSSR count). The quantitative estimate of drug-likeness (QED) is 0.463. The Labute approximate surface area is 64.2 Å². The van der Waals surface area contributed by atoms with Gasteiger partial charge < -0.3 is 5.32 Å². The lowest BCUT2D eigenvalue weighted by Gasteiger charge is -2.17. The van der Waals surface area contributed by atoms with Crippen molar-refractivity contribution in [3.8, 4) is 12.3 Å². The minimum atomic E-state index is 0.418. The van der Waals surface area contributed by atoms with E-state index in [1.54, 1.807) is 0 Å². The second kappa shape index (κ2) is 4.35. The van der Waals surface area contributed by atoms with Crippen LogP contribution in [0.4, 0.5) is 0 Å². The number of rotatable bonds is 3. The minimum absolute atomic E-state index is 0.418. The van der Waals surface area contributed by atoms with Gasteiger partial charge >= 0.3 is 0 Å². The Morgan fingerprint density at radius 2 is 2.00 bits per heavy atom. The highest BCUT2D eigenvalue weighted by molar-refractivity contribution is 4.86. The molecule has 0 saturated heterocycles. The van der Waals surface area contributed by atoms with E-state index in [9.17, 15) is 0 Å². The number of nitrogens with one attached hydrogen (secondary N) is 1. The van der Waals surface area contributed by atoms with Crippen LogP contribution in [-0.4, -0.2) is 13.1 Å². The van der Waals surface area contributed by atoms with Gasteiger partial charge in [0.1, 0.15) is 0 Å². The molecule has 0 aromatic rings. The van der Waals surface area contributed by atoms with E-state index in [0.717, 1.165) is 6.54 Å². The summed E-state index contributed by atoms with van der Waals surface area (Å²) in [6.45, 7) is 8.39. The van der Waals surface area contributed by atoms with E-state index >= 15 is 0 Å². The van der Waals surface area contributed by atoms with E-state index in [2.05, 4.69) is 32.0 Å². The second-order valence-electron chi connectivity index (χ2n) is 3.69. The summed E-state index contributed by atoms with van der Waals surface area (Å²) >= 11 is 0. The summed E-state index contributed by atoms with van der Waals surface area (Å²) < 4.78 is 0. The summed E-state index contributed by atoms with van der Waals surface area (Å²) in [6.07, 6.45) is 6.24. The Hall–Kier alpha value is -0.480. The molecule has 0 heterocycles. The van der Waals surface area contributed by atoms with Gasteiger partial charge in [0.15, 0.2) is 0 Å². The van der Waals surface area contributed by atoms with Crippen molar-refractivity contribution in [1.29, 1.82) is 0 Å². The first kappa shape index (κ1) is 9.52. The fraction of sp³-hybridized carbons (Fsp3) is 0.778. The molecule has 0 aliphatic heterocycles. The van der Waals surface area contributed by atoms with Gasteiger partial charge in [-0.2, -0.15) is 0 Å². The van der Waals surface area contributed by atoms with Gasteiger partial charge in [-0.15, -0.1) is 6.42 Å². The predicted octanol–water partition coefficient (Wildman–Crippen LogP) is 1.65. The van der Waals surface area contributed by atoms with Gasteiger partial charge in [0, 0.05) is 0 Å². The predicted molar refractivity (Wildman–Crippen MR) is 45.8 cm³/mol. The molecular weight excluding hydrogens is 122 g/mol. The summed E-state index contributed by atoms with van der Waals surface area (Å²) in [5, 5.41) is 3.16. The minimum Gasteiger partial charge on any atom is -0.306 e. The van der Waals surface area contributed by atoms with E-state index in [1.807, 2.05) is 0 Å². The van der Waals surface area contributed by atoms with Crippen LogP contribution in [0.15, 0.2) is 0 Å². The van der Waals surface area contributed by atoms with Crippen molar-refractivity contribution in [3.05, 3.63) is 0 Å². The topological polar surface area (TPSA) is 12.0 Å². The van der Waals surface area contributed by atoms with Gasteiger partial charge in [-0.05, 0) is 18.4 Å². The van der Waals surface area contributed by atoms with Crippen molar-refractivity contribution in [3.63, 3.8) is 0 Å². The van der Waals surface area contributed by atoms with Crippen LogP contribution in [0.1, 0.15) is 27.2 Å². The van der Waals surface area contributed by atoms with Crippen LogP contribution < -0.4 is 5.32 Å². The van der Waals surface area contributed by atoms with Crippen molar-refractivity contribution in [1.82, 2.24) is 5.32 Å². The van der Waals surface area contributed by atoms with Gasteiger partial charge in [-0.1, -0.05) is 26.7 Å². The highest BCUT2D eigenvalue weighted by Gasteiger charge is 2.07. The normalized spacial score (nSPS) is 11.0. The molecule has 10 heavy (non-hydrogen) atoms. The average Bonchev–Trinajstić information content (AvgIpc) is 1.78. The Morgan fingerprint density at radius 1 is 1.40 bits per heavy atom.